The number of carboxylic acid groups (broad SMARTS) is 1. The van der Waals surface area contributed by atoms with E-state index in [1.54, 1.807) is 12.1 Å². The summed E-state index contributed by atoms with van der Waals surface area (Å²) in [5, 5.41) is 12.7. The Balaban J connectivity index is 2.04. The summed E-state index contributed by atoms with van der Waals surface area (Å²) in [7, 11) is 0. The van der Waals surface area contributed by atoms with Crippen LogP contribution in [0.1, 0.15) is 27.2 Å². The summed E-state index contributed by atoms with van der Waals surface area (Å²) in [6.45, 7) is 2.36. The Hall–Kier alpha value is -2.48. The lowest BCUT2D eigenvalue weighted by molar-refractivity contribution is 0.0691. The molecule has 2 aromatic rings. The minimum atomic E-state index is -1.16. The predicted octanol–water partition coefficient (Wildman–Crippen LogP) is 1.89. The molecule has 0 aromatic carbocycles. The lowest BCUT2D eigenvalue weighted by Crippen LogP contribution is -2.12. The molecular weight excluding hydrogens is 282 g/mol. The number of aromatic nitrogens is 2. The van der Waals surface area contributed by atoms with Gasteiger partial charge in [-0.15, -0.1) is 11.3 Å². The molecule has 104 valence electrons. The summed E-state index contributed by atoms with van der Waals surface area (Å²) in [6.07, 6.45) is 1.45. The van der Waals surface area contributed by atoms with Crippen LogP contribution in [-0.4, -0.2) is 33.6 Å². The van der Waals surface area contributed by atoms with Crippen LogP contribution in [0.2, 0.25) is 0 Å². The van der Waals surface area contributed by atoms with E-state index in [9.17, 15) is 9.59 Å². The van der Waals surface area contributed by atoms with E-state index < -0.39 is 11.9 Å². The van der Waals surface area contributed by atoms with Gasteiger partial charge in [-0.3, -0.25) is 4.79 Å². The number of carbonyl (C=O) groups is 2. The molecule has 8 heteroatoms. The lowest BCUT2D eigenvalue weighted by Gasteiger charge is -2.04. The number of ether oxygens (including phenoxy) is 1. The van der Waals surface area contributed by atoms with Crippen LogP contribution < -0.4 is 10.1 Å². The van der Waals surface area contributed by atoms with Crippen molar-refractivity contribution in [3.63, 3.8) is 0 Å². The van der Waals surface area contributed by atoms with E-state index in [1.165, 1.54) is 11.6 Å². The SMILES string of the molecule is CCOc1ccc(NC(=O)c2nc(C(=O)O)cs2)cn1. The molecule has 0 saturated carbocycles. The molecule has 7 nitrogen and oxygen atoms in total. The fourth-order valence-electron chi connectivity index (χ4n) is 1.35. The molecule has 0 aliphatic heterocycles. The van der Waals surface area contributed by atoms with Gasteiger partial charge < -0.3 is 15.2 Å². The van der Waals surface area contributed by atoms with Crippen LogP contribution in [0, 0.1) is 0 Å². The summed E-state index contributed by atoms with van der Waals surface area (Å²) in [4.78, 5) is 30.2. The zero-order chi connectivity index (χ0) is 14.5. The molecule has 0 fully saturated rings. The van der Waals surface area contributed by atoms with Crippen LogP contribution in [0.15, 0.2) is 23.7 Å². The Labute approximate surface area is 118 Å². The standard InChI is InChI=1S/C12H11N3O4S/c1-2-19-9-4-3-7(5-13-9)14-10(16)11-15-8(6-20-11)12(17)18/h3-6H,2H2,1H3,(H,14,16)(H,17,18). The molecule has 0 aliphatic rings. The van der Waals surface area contributed by atoms with Crippen LogP contribution in [0.3, 0.4) is 0 Å². The molecule has 20 heavy (non-hydrogen) atoms. The van der Waals surface area contributed by atoms with Crippen molar-refractivity contribution in [1.82, 2.24) is 9.97 Å². The maximum Gasteiger partial charge on any atom is 0.355 e. The Bertz CT molecular complexity index is 624. The van der Waals surface area contributed by atoms with Crippen molar-refractivity contribution in [2.24, 2.45) is 0 Å². The third-order valence-corrected chi connectivity index (χ3v) is 3.05. The fraction of sp³-hybridized carbons (Fsp3) is 0.167. The largest absolute Gasteiger partial charge is 0.478 e. The van der Waals surface area contributed by atoms with E-state index in [1.807, 2.05) is 6.92 Å². The highest BCUT2D eigenvalue weighted by Crippen LogP contribution is 2.15. The minimum Gasteiger partial charge on any atom is -0.478 e. The second-order valence-electron chi connectivity index (χ2n) is 3.62. The number of carbonyl (C=O) groups excluding carboxylic acids is 1. The van der Waals surface area contributed by atoms with Crippen LogP contribution in [-0.2, 0) is 0 Å². The summed E-state index contributed by atoms with van der Waals surface area (Å²) in [6, 6.07) is 3.27. The van der Waals surface area contributed by atoms with E-state index in [2.05, 4.69) is 15.3 Å². The highest BCUT2D eigenvalue weighted by atomic mass is 32.1. The highest BCUT2D eigenvalue weighted by Gasteiger charge is 2.14. The minimum absolute atomic E-state index is 0.0799. The molecule has 0 unspecified atom stereocenters. The number of hydrogen-bond acceptors (Lipinski definition) is 6. The average molecular weight is 293 g/mol. The lowest BCUT2D eigenvalue weighted by atomic mass is 10.4. The number of pyridine rings is 1. The van der Waals surface area contributed by atoms with Gasteiger partial charge in [0.25, 0.3) is 5.91 Å². The number of carboxylic acids is 1. The number of nitrogens with one attached hydrogen (secondary N) is 1. The topological polar surface area (TPSA) is 101 Å². The number of thiazole rings is 1. The first kappa shape index (κ1) is 13.9. The first-order chi connectivity index (χ1) is 9.60. The zero-order valence-electron chi connectivity index (χ0n) is 10.5. The van der Waals surface area contributed by atoms with Crippen LogP contribution in [0.25, 0.3) is 0 Å². The van der Waals surface area contributed by atoms with Crippen LogP contribution >= 0.6 is 11.3 Å². The van der Waals surface area contributed by atoms with E-state index in [0.717, 1.165) is 11.3 Å². The first-order valence-electron chi connectivity index (χ1n) is 5.69. The quantitative estimate of drug-likeness (QED) is 0.872. The van der Waals surface area contributed by atoms with Gasteiger partial charge in [0.05, 0.1) is 18.5 Å². The van der Waals surface area contributed by atoms with Crippen LogP contribution in [0.5, 0.6) is 5.88 Å². The molecule has 0 atom stereocenters. The normalized spacial score (nSPS) is 10.1. The smallest absolute Gasteiger partial charge is 0.355 e. The van der Waals surface area contributed by atoms with Crippen molar-refractivity contribution in [2.75, 3.05) is 11.9 Å². The molecule has 0 spiro atoms. The Kier molecular flexibility index (Phi) is 4.26. The molecule has 0 radical (unpaired) electrons. The molecule has 0 saturated heterocycles. The summed E-state index contributed by atoms with van der Waals surface area (Å²) in [5.41, 5.74) is 0.329. The van der Waals surface area contributed by atoms with Crippen molar-refractivity contribution in [3.8, 4) is 5.88 Å². The molecule has 2 aromatic heterocycles. The number of rotatable bonds is 5. The zero-order valence-corrected chi connectivity index (χ0v) is 11.3. The average Bonchev–Trinajstić information content (AvgIpc) is 2.91. The number of anilines is 1. The second-order valence-corrected chi connectivity index (χ2v) is 4.47. The van der Waals surface area contributed by atoms with Gasteiger partial charge in [-0.05, 0) is 13.0 Å². The Morgan fingerprint density at radius 2 is 2.25 bits per heavy atom. The maximum atomic E-state index is 11.8. The molecular formula is C12H11N3O4S. The maximum absolute atomic E-state index is 11.8. The molecule has 0 aliphatic carbocycles. The Morgan fingerprint density at radius 3 is 2.80 bits per heavy atom. The van der Waals surface area contributed by atoms with Gasteiger partial charge in [0.1, 0.15) is 0 Å². The van der Waals surface area contributed by atoms with Crippen molar-refractivity contribution in [2.45, 2.75) is 6.92 Å². The number of hydrogen-bond donors (Lipinski definition) is 2. The first-order valence-corrected chi connectivity index (χ1v) is 6.57. The van der Waals surface area contributed by atoms with Gasteiger partial charge in [0, 0.05) is 11.4 Å². The number of aromatic carboxylic acids is 1. The van der Waals surface area contributed by atoms with Crippen molar-refractivity contribution >= 4 is 28.9 Å². The van der Waals surface area contributed by atoms with Gasteiger partial charge in [-0.2, -0.15) is 0 Å². The fourth-order valence-corrected chi connectivity index (χ4v) is 2.03. The van der Waals surface area contributed by atoms with Gasteiger partial charge in [-0.25, -0.2) is 14.8 Å². The van der Waals surface area contributed by atoms with E-state index in [4.69, 9.17) is 9.84 Å². The molecule has 2 rings (SSSR count). The van der Waals surface area contributed by atoms with Crippen LogP contribution in [0.4, 0.5) is 5.69 Å². The summed E-state index contributed by atoms with van der Waals surface area (Å²) >= 11 is 0.967. The third kappa shape index (κ3) is 3.29. The van der Waals surface area contributed by atoms with E-state index in [0.29, 0.717) is 18.2 Å². The van der Waals surface area contributed by atoms with Crippen molar-refractivity contribution in [3.05, 3.63) is 34.4 Å². The summed E-state index contributed by atoms with van der Waals surface area (Å²) < 4.78 is 5.18. The third-order valence-electron chi connectivity index (χ3n) is 2.20. The van der Waals surface area contributed by atoms with Crippen molar-refractivity contribution < 1.29 is 19.4 Å². The van der Waals surface area contributed by atoms with Gasteiger partial charge in [0.2, 0.25) is 5.88 Å². The second kappa shape index (κ2) is 6.11. The number of amides is 1. The molecule has 2 heterocycles. The summed E-state index contributed by atoms with van der Waals surface area (Å²) in [5.74, 6) is -1.18. The molecule has 0 bridgehead atoms. The van der Waals surface area contributed by atoms with E-state index >= 15 is 0 Å². The monoisotopic (exact) mass is 293 g/mol. The van der Waals surface area contributed by atoms with Gasteiger partial charge >= 0.3 is 5.97 Å². The number of nitrogens with zero attached hydrogens (tertiary/aromatic N) is 2. The molecule has 2 N–H and O–H groups in total. The Morgan fingerprint density at radius 1 is 1.45 bits per heavy atom. The predicted molar refractivity (Wildman–Crippen MR) is 72.4 cm³/mol. The van der Waals surface area contributed by atoms with Crippen molar-refractivity contribution in [1.29, 1.82) is 0 Å². The van der Waals surface area contributed by atoms with Gasteiger partial charge in [0.15, 0.2) is 10.7 Å². The molecule has 1 amide bonds. The van der Waals surface area contributed by atoms with Gasteiger partial charge in [-0.1, -0.05) is 0 Å². The van der Waals surface area contributed by atoms with E-state index in [-0.39, 0.29) is 10.7 Å². The highest BCUT2D eigenvalue weighted by molar-refractivity contribution is 7.12.